The molecule has 0 aliphatic rings. The van der Waals surface area contributed by atoms with E-state index in [0.717, 1.165) is 17.9 Å². The lowest BCUT2D eigenvalue weighted by Gasteiger charge is -2.24. The van der Waals surface area contributed by atoms with Gasteiger partial charge < -0.3 is 10.4 Å². The maximum Gasteiger partial charge on any atom is 0.148 e. The van der Waals surface area contributed by atoms with E-state index in [1.54, 1.807) is 11.8 Å². The van der Waals surface area contributed by atoms with E-state index < -0.39 is 5.60 Å². The molecule has 0 saturated carbocycles. The number of nitrogens with zero attached hydrogens (tertiary/aromatic N) is 2. The van der Waals surface area contributed by atoms with Crippen LogP contribution in [-0.4, -0.2) is 33.7 Å². The van der Waals surface area contributed by atoms with Crippen LogP contribution in [-0.2, 0) is 0 Å². The maximum atomic E-state index is 10.2. The summed E-state index contributed by atoms with van der Waals surface area (Å²) in [6, 6.07) is 3.81. The highest BCUT2D eigenvalue weighted by Gasteiger charge is 2.20. The topological polar surface area (TPSA) is 58.0 Å². The molecule has 0 aromatic carbocycles. The van der Waals surface area contributed by atoms with E-state index in [2.05, 4.69) is 29.4 Å². The van der Waals surface area contributed by atoms with Crippen molar-refractivity contribution in [1.29, 1.82) is 0 Å². The summed E-state index contributed by atoms with van der Waals surface area (Å²) < 4.78 is 0. The van der Waals surface area contributed by atoms with E-state index in [1.165, 1.54) is 0 Å². The highest BCUT2D eigenvalue weighted by Crippen LogP contribution is 2.17. The van der Waals surface area contributed by atoms with Crippen LogP contribution in [0.15, 0.2) is 17.2 Å². The second-order valence-corrected chi connectivity index (χ2v) is 6.07. The van der Waals surface area contributed by atoms with E-state index in [0.29, 0.717) is 18.3 Å². The van der Waals surface area contributed by atoms with Crippen LogP contribution < -0.4 is 5.32 Å². The van der Waals surface area contributed by atoms with Crippen molar-refractivity contribution in [2.45, 2.75) is 44.2 Å². The summed E-state index contributed by atoms with van der Waals surface area (Å²) in [6.45, 7) is 6.67. The van der Waals surface area contributed by atoms with Crippen LogP contribution >= 0.6 is 11.8 Å². The van der Waals surface area contributed by atoms with E-state index in [-0.39, 0.29) is 0 Å². The predicted molar refractivity (Wildman–Crippen MR) is 77.0 cm³/mol. The maximum absolute atomic E-state index is 10.2. The lowest BCUT2D eigenvalue weighted by Crippen LogP contribution is -2.34. The molecule has 0 saturated heterocycles. The summed E-state index contributed by atoms with van der Waals surface area (Å²) in [5.74, 6) is 1.31. The smallest absolute Gasteiger partial charge is 0.148 e. The molecule has 0 spiro atoms. The first-order valence-electron chi connectivity index (χ1n) is 6.27. The Morgan fingerprint density at radius 2 is 2.11 bits per heavy atom. The fraction of sp³-hybridized carbons (Fsp3) is 0.692. The van der Waals surface area contributed by atoms with Crippen LogP contribution in [0.3, 0.4) is 0 Å². The van der Waals surface area contributed by atoms with Gasteiger partial charge in [-0.2, -0.15) is 0 Å². The van der Waals surface area contributed by atoms with Crippen molar-refractivity contribution >= 4 is 17.6 Å². The fourth-order valence-corrected chi connectivity index (χ4v) is 1.82. The molecule has 1 aromatic rings. The van der Waals surface area contributed by atoms with E-state index >= 15 is 0 Å². The van der Waals surface area contributed by atoms with E-state index in [4.69, 9.17) is 0 Å². The Balaban J connectivity index is 2.42. The third-order valence-corrected chi connectivity index (χ3v) is 3.40. The molecular formula is C13H23N3OS. The minimum absolute atomic E-state index is 0.493. The standard InChI is InChI=1S/C13H23N3OS/c1-10(2)7-8-13(3,17)9-14-11-5-6-12(18-4)16-15-11/h5-6,10,17H,7-9H2,1-4H3,(H,14,15). The summed E-state index contributed by atoms with van der Waals surface area (Å²) in [6.07, 6.45) is 3.77. The molecule has 4 nitrogen and oxygen atoms in total. The number of aliphatic hydroxyl groups is 1. The quantitative estimate of drug-likeness (QED) is 0.745. The first kappa shape index (κ1) is 15.2. The van der Waals surface area contributed by atoms with Gasteiger partial charge >= 0.3 is 0 Å². The van der Waals surface area contributed by atoms with Crippen molar-refractivity contribution < 1.29 is 5.11 Å². The summed E-state index contributed by atoms with van der Waals surface area (Å²) in [4.78, 5) is 0. The summed E-state index contributed by atoms with van der Waals surface area (Å²) in [5.41, 5.74) is -0.704. The second kappa shape index (κ2) is 6.95. The zero-order valence-corrected chi connectivity index (χ0v) is 12.4. The van der Waals surface area contributed by atoms with Crippen molar-refractivity contribution in [2.75, 3.05) is 18.1 Å². The van der Waals surface area contributed by atoms with Gasteiger partial charge in [-0.1, -0.05) is 13.8 Å². The molecule has 1 atom stereocenters. The van der Waals surface area contributed by atoms with Crippen molar-refractivity contribution in [3.63, 3.8) is 0 Å². The minimum atomic E-state index is -0.704. The zero-order chi connectivity index (χ0) is 13.6. The summed E-state index contributed by atoms with van der Waals surface area (Å²) >= 11 is 1.56. The van der Waals surface area contributed by atoms with Crippen LogP contribution in [0.1, 0.15) is 33.6 Å². The van der Waals surface area contributed by atoms with Gasteiger partial charge in [-0.15, -0.1) is 22.0 Å². The first-order chi connectivity index (χ1) is 8.43. The van der Waals surface area contributed by atoms with Crippen LogP contribution in [0.5, 0.6) is 0 Å². The Morgan fingerprint density at radius 3 is 2.61 bits per heavy atom. The molecule has 1 aromatic heterocycles. The van der Waals surface area contributed by atoms with Gasteiger partial charge in [-0.05, 0) is 44.1 Å². The Morgan fingerprint density at radius 1 is 1.39 bits per heavy atom. The number of nitrogens with one attached hydrogen (secondary N) is 1. The van der Waals surface area contributed by atoms with Gasteiger partial charge in [0.2, 0.25) is 0 Å². The number of hydrogen-bond acceptors (Lipinski definition) is 5. The molecule has 0 radical (unpaired) electrons. The second-order valence-electron chi connectivity index (χ2n) is 5.24. The molecule has 5 heteroatoms. The molecule has 0 fully saturated rings. The van der Waals surface area contributed by atoms with Crippen molar-refractivity contribution in [3.8, 4) is 0 Å². The SMILES string of the molecule is CSc1ccc(NCC(C)(O)CCC(C)C)nn1. The summed E-state index contributed by atoms with van der Waals surface area (Å²) in [7, 11) is 0. The number of rotatable bonds is 7. The molecular weight excluding hydrogens is 246 g/mol. The molecule has 0 amide bonds. The monoisotopic (exact) mass is 269 g/mol. The average molecular weight is 269 g/mol. The molecule has 1 rings (SSSR count). The Bertz CT molecular complexity index is 352. The molecule has 0 bridgehead atoms. The molecule has 0 aliphatic heterocycles. The van der Waals surface area contributed by atoms with Gasteiger partial charge in [0.05, 0.1) is 5.60 Å². The van der Waals surface area contributed by atoms with Crippen molar-refractivity contribution in [2.24, 2.45) is 5.92 Å². The van der Waals surface area contributed by atoms with Gasteiger partial charge in [0, 0.05) is 6.54 Å². The average Bonchev–Trinajstić information content (AvgIpc) is 2.35. The van der Waals surface area contributed by atoms with Gasteiger partial charge in [0.15, 0.2) is 0 Å². The predicted octanol–water partition coefficient (Wildman–Crippen LogP) is 2.80. The fourth-order valence-electron chi connectivity index (χ4n) is 1.49. The molecule has 2 N–H and O–H groups in total. The molecule has 18 heavy (non-hydrogen) atoms. The van der Waals surface area contributed by atoms with Crippen molar-refractivity contribution in [1.82, 2.24) is 10.2 Å². The number of hydrogen-bond donors (Lipinski definition) is 2. The largest absolute Gasteiger partial charge is 0.388 e. The van der Waals surface area contributed by atoms with Crippen LogP contribution in [0.4, 0.5) is 5.82 Å². The molecule has 102 valence electrons. The normalized spacial score (nSPS) is 14.6. The molecule has 0 aliphatic carbocycles. The zero-order valence-electron chi connectivity index (χ0n) is 11.6. The first-order valence-corrected chi connectivity index (χ1v) is 7.49. The van der Waals surface area contributed by atoms with Crippen LogP contribution in [0.25, 0.3) is 0 Å². The van der Waals surface area contributed by atoms with Crippen LogP contribution in [0.2, 0.25) is 0 Å². The van der Waals surface area contributed by atoms with E-state index in [1.807, 2.05) is 25.3 Å². The molecule has 1 heterocycles. The van der Waals surface area contributed by atoms with Gasteiger partial charge in [0.1, 0.15) is 10.8 Å². The third kappa shape index (κ3) is 5.69. The Labute approximate surface area is 114 Å². The van der Waals surface area contributed by atoms with Crippen LogP contribution in [0, 0.1) is 5.92 Å². The Hall–Kier alpha value is -0.810. The number of anilines is 1. The number of thioether (sulfide) groups is 1. The summed E-state index contributed by atoms with van der Waals surface area (Å²) in [5, 5.41) is 22.3. The van der Waals surface area contributed by atoms with Gasteiger partial charge in [-0.3, -0.25) is 0 Å². The molecule has 1 unspecified atom stereocenters. The minimum Gasteiger partial charge on any atom is -0.388 e. The van der Waals surface area contributed by atoms with Gasteiger partial charge in [0.25, 0.3) is 0 Å². The van der Waals surface area contributed by atoms with Crippen molar-refractivity contribution in [3.05, 3.63) is 12.1 Å². The lowest BCUT2D eigenvalue weighted by molar-refractivity contribution is 0.0585. The van der Waals surface area contributed by atoms with E-state index in [9.17, 15) is 5.11 Å². The lowest BCUT2D eigenvalue weighted by atomic mass is 9.95. The van der Waals surface area contributed by atoms with Gasteiger partial charge in [-0.25, -0.2) is 0 Å². The Kier molecular flexibility index (Phi) is 5.88. The third-order valence-electron chi connectivity index (χ3n) is 2.76. The highest BCUT2D eigenvalue weighted by atomic mass is 32.2. The highest BCUT2D eigenvalue weighted by molar-refractivity contribution is 7.98. The number of aromatic nitrogens is 2.